The van der Waals surface area contributed by atoms with Gasteiger partial charge in [0.05, 0.1) is 38.6 Å². The highest BCUT2D eigenvalue weighted by Gasteiger charge is 2.25. The molecule has 0 N–H and O–H groups in total. The van der Waals surface area contributed by atoms with Gasteiger partial charge in [-0.2, -0.15) is 0 Å². The number of carbonyl (C=O) groups excluding carboxylic acids is 2. The molecule has 0 fully saturated rings. The summed E-state index contributed by atoms with van der Waals surface area (Å²) in [5, 5.41) is 0. The average molecular weight is 839 g/mol. The third kappa shape index (κ3) is 10.6. The summed E-state index contributed by atoms with van der Waals surface area (Å²) in [4.78, 5) is 37.3. The van der Waals surface area contributed by atoms with Gasteiger partial charge in [-0.3, -0.25) is 9.97 Å². The summed E-state index contributed by atoms with van der Waals surface area (Å²) in [5.74, 6) is 2.14. The second-order valence-electron chi connectivity index (χ2n) is 14.9. The van der Waals surface area contributed by atoms with Gasteiger partial charge in [0.2, 0.25) is 0 Å². The van der Waals surface area contributed by atoms with Gasteiger partial charge in [-0.15, -0.1) is 0 Å². The van der Waals surface area contributed by atoms with E-state index in [9.17, 15) is 9.59 Å². The summed E-state index contributed by atoms with van der Waals surface area (Å²) in [6.45, 7) is 5.70. The van der Waals surface area contributed by atoms with E-state index in [0.29, 0.717) is 36.2 Å². The van der Waals surface area contributed by atoms with Gasteiger partial charge in [-0.25, -0.2) is 9.59 Å². The minimum absolute atomic E-state index is 0.308. The Labute approximate surface area is 361 Å². The molecule has 0 saturated carbocycles. The molecule has 8 rings (SSSR count). The Morgan fingerprint density at radius 3 is 1.47 bits per heavy atom. The minimum atomic E-state index is -0.308. The number of esters is 2. The standard InChI is InChI=1S/2C25H25NO3S/c2*1-17-5-3-4-6-24(17)30-20-9-10-21-18(12-14-29-23(21)15-20)7-8-19-16-26-13-11-22(19)25(27)28-2/h2*3-6,9-11,13,15-16,18H,7-8,12,14H2,1-2H3/t2*18-/m10/s1. The molecule has 10 heteroatoms. The summed E-state index contributed by atoms with van der Waals surface area (Å²) < 4.78 is 21.8. The van der Waals surface area contributed by atoms with E-state index in [-0.39, 0.29) is 11.9 Å². The first-order valence-corrected chi connectivity index (χ1v) is 22.0. The van der Waals surface area contributed by atoms with Crippen molar-refractivity contribution < 1.29 is 28.5 Å². The molecular formula is C50H50N2O6S2. The first-order valence-electron chi connectivity index (χ1n) is 20.3. The SMILES string of the molecule is COC(=O)c1ccncc1CC[C@@H]1CCOc2cc(Sc3ccccc3C)ccc21.COC(=O)c1ccncc1CC[C@H]1CCOc2cc(Sc3ccccc3C)ccc21. The van der Waals surface area contributed by atoms with Crippen molar-refractivity contribution in [2.24, 2.45) is 0 Å². The van der Waals surface area contributed by atoms with Crippen LogP contribution in [0, 0.1) is 13.8 Å². The van der Waals surface area contributed by atoms with E-state index < -0.39 is 0 Å². The summed E-state index contributed by atoms with van der Waals surface area (Å²) in [7, 11) is 2.82. The second-order valence-corrected chi connectivity index (χ2v) is 17.2. The smallest absolute Gasteiger partial charge is 0.338 e. The van der Waals surface area contributed by atoms with Gasteiger partial charge in [-0.1, -0.05) is 72.1 Å². The Morgan fingerprint density at radius 2 is 1.05 bits per heavy atom. The lowest BCUT2D eigenvalue weighted by Crippen LogP contribution is -2.15. The van der Waals surface area contributed by atoms with Crippen molar-refractivity contribution >= 4 is 35.5 Å². The maximum Gasteiger partial charge on any atom is 0.338 e. The monoisotopic (exact) mass is 838 g/mol. The van der Waals surface area contributed by atoms with Crippen LogP contribution in [0.1, 0.15) is 91.6 Å². The van der Waals surface area contributed by atoms with Crippen molar-refractivity contribution in [3.05, 3.63) is 166 Å². The Hall–Kier alpha value is -5.58. The van der Waals surface area contributed by atoms with Crippen LogP contribution in [0.3, 0.4) is 0 Å². The largest absolute Gasteiger partial charge is 0.493 e. The molecule has 2 aromatic heterocycles. The number of fused-ring (bicyclic) bond motifs is 2. The van der Waals surface area contributed by atoms with E-state index in [0.717, 1.165) is 61.2 Å². The zero-order valence-electron chi connectivity index (χ0n) is 34.5. The molecule has 0 saturated heterocycles. The molecule has 0 radical (unpaired) electrons. The average Bonchev–Trinajstić information content (AvgIpc) is 3.28. The van der Waals surface area contributed by atoms with Crippen LogP contribution in [0.25, 0.3) is 0 Å². The molecule has 2 atom stereocenters. The molecule has 2 aliphatic rings. The third-order valence-corrected chi connectivity index (χ3v) is 13.4. The number of aromatic nitrogens is 2. The molecule has 0 aliphatic carbocycles. The third-order valence-electron chi connectivity index (χ3n) is 11.1. The zero-order valence-corrected chi connectivity index (χ0v) is 36.2. The molecular weight excluding hydrogens is 789 g/mol. The molecule has 308 valence electrons. The van der Waals surface area contributed by atoms with Crippen LogP contribution >= 0.6 is 23.5 Å². The second kappa shape index (κ2) is 20.6. The fourth-order valence-corrected chi connectivity index (χ4v) is 9.60. The van der Waals surface area contributed by atoms with Crippen LogP contribution in [0.5, 0.6) is 11.5 Å². The lowest BCUT2D eigenvalue weighted by atomic mass is 9.87. The lowest BCUT2D eigenvalue weighted by molar-refractivity contribution is 0.0590. The number of aryl methyl sites for hydroxylation is 4. The number of hydrogen-bond acceptors (Lipinski definition) is 10. The first-order chi connectivity index (χ1) is 29.3. The molecule has 8 nitrogen and oxygen atoms in total. The quantitative estimate of drug-likeness (QED) is 0.111. The number of methoxy groups -OCH3 is 2. The maximum absolute atomic E-state index is 12.0. The Bertz CT molecular complexity index is 2270. The highest BCUT2D eigenvalue weighted by molar-refractivity contribution is 7.99. The Balaban J connectivity index is 0.000000181. The van der Waals surface area contributed by atoms with Crippen LogP contribution in [0.15, 0.2) is 141 Å². The van der Waals surface area contributed by atoms with Gasteiger partial charge < -0.3 is 18.9 Å². The van der Waals surface area contributed by atoms with Crippen LogP contribution < -0.4 is 9.47 Å². The number of carbonyl (C=O) groups is 2. The zero-order chi connectivity index (χ0) is 41.8. The molecule has 6 aromatic rings. The minimum Gasteiger partial charge on any atom is -0.493 e. The van der Waals surface area contributed by atoms with E-state index in [1.165, 1.54) is 56.1 Å². The topological polar surface area (TPSA) is 96.8 Å². The Morgan fingerprint density at radius 1 is 0.617 bits per heavy atom. The predicted octanol–water partition coefficient (Wildman–Crippen LogP) is 11.7. The summed E-state index contributed by atoms with van der Waals surface area (Å²) in [6, 6.07) is 33.4. The molecule has 0 bridgehead atoms. The number of pyridine rings is 2. The summed E-state index contributed by atoms with van der Waals surface area (Å²) >= 11 is 3.53. The number of rotatable bonds is 12. The highest BCUT2D eigenvalue weighted by atomic mass is 32.2. The van der Waals surface area contributed by atoms with Crippen molar-refractivity contribution in [1.82, 2.24) is 9.97 Å². The number of ether oxygens (including phenoxy) is 4. The summed E-state index contributed by atoms with van der Waals surface area (Å²) in [5.41, 5.74) is 8.12. The van der Waals surface area contributed by atoms with E-state index in [1.54, 1.807) is 60.4 Å². The van der Waals surface area contributed by atoms with Gasteiger partial charge in [0.15, 0.2) is 0 Å². The molecule has 60 heavy (non-hydrogen) atoms. The van der Waals surface area contributed by atoms with Crippen LogP contribution in [-0.2, 0) is 22.3 Å². The summed E-state index contributed by atoms with van der Waals surface area (Å²) in [6.07, 6.45) is 12.2. The number of hydrogen-bond donors (Lipinski definition) is 0. The molecule has 0 spiro atoms. The fraction of sp³-hybridized carbons (Fsp3) is 0.280. The lowest BCUT2D eigenvalue weighted by Gasteiger charge is -2.26. The molecule has 4 aromatic carbocycles. The van der Waals surface area contributed by atoms with Gasteiger partial charge in [0.25, 0.3) is 0 Å². The number of benzene rings is 4. The number of nitrogens with zero attached hydrogens (tertiary/aromatic N) is 2. The van der Waals surface area contributed by atoms with Gasteiger partial charge in [-0.05, 0) is 146 Å². The van der Waals surface area contributed by atoms with Crippen molar-refractivity contribution in [3.8, 4) is 11.5 Å². The van der Waals surface area contributed by atoms with E-state index in [2.05, 4.69) is 109 Å². The predicted molar refractivity (Wildman–Crippen MR) is 237 cm³/mol. The molecule has 0 unspecified atom stereocenters. The van der Waals surface area contributed by atoms with Crippen LogP contribution in [-0.4, -0.2) is 49.3 Å². The van der Waals surface area contributed by atoms with E-state index in [4.69, 9.17) is 18.9 Å². The normalized spacial score (nSPS) is 15.2. The highest BCUT2D eigenvalue weighted by Crippen LogP contribution is 2.42. The maximum atomic E-state index is 12.0. The Kier molecular flexibility index (Phi) is 14.6. The van der Waals surface area contributed by atoms with Crippen molar-refractivity contribution in [2.75, 3.05) is 27.4 Å². The fourth-order valence-electron chi connectivity index (χ4n) is 7.74. The molecule has 2 aliphatic heterocycles. The van der Waals surface area contributed by atoms with E-state index >= 15 is 0 Å². The van der Waals surface area contributed by atoms with Gasteiger partial charge >= 0.3 is 11.9 Å². The van der Waals surface area contributed by atoms with E-state index in [1.807, 2.05) is 0 Å². The van der Waals surface area contributed by atoms with Crippen molar-refractivity contribution in [3.63, 3.8) is 0 Å². The molecule has 0 amide bonds. The van der Waals surface area contributed by atoms with Crippen molar-refractivity contribution in [2.45, 2.75) is 83.8 Å². The van der Waals surface area contributed by atoms with Gasteiger partial charge in [0.1, 0.15) is 11.5 Å². The van der Waals surface area contributed by atoms with Crippen LogP contribution in [0.2, 0.25) is 0 Å². The van der Waals surface area contributed by atoms with Crippen LogP contribution in [0.4, 0.5) is 0 Å². The van der Waals surface area contributed by atoms with Crippen molar-refractivity contribution in [1.29, 1.82) is 0 Å². The molecule has 4 heterocycles. The van der Waals surface area contributed by atoms with Gasteiger partial charge in [0, 0.05) is 44.4 Å². The first kappa shape index (κ1) is 42.5.